The van der Waals surface area contributed by atoms with Gasteiger partial charge in [-0.15, -0.1) is 23.2 Å². The number of phenolic OH excluding ortho intramolecular Hbond substituents is 1. The van der Waals surface area contributed by atoms with Crippen molar-refractivity contribution in [2.45, 2.75) is 34.7 Å². The number of ether oxygens (including phenoxy) is 1. The molecule has 4 amide bonds. The lowest BCUT2D eigenvalue weighted by Gasteiger charge is -2.50. The van der Waals surface area contributed by atoms with E-state index >= 15 is 0 Å². The van der Waals surface area contributed by atoms with Gasteiger partial charge >= 0.3 is 6.18 Å². The Bertz CT molecular complexity index is 1780. The van der Waals surface area contributed by atoms with Crippen molar-refractivity contribution in [3.8, 4) is 11.5 Å². The van der Waals surface area contributed by atoms with Crippen molar-refractivity contribution in [1.29, 1.82) is 0 Å². The van der Waals surface area contributed by atoms with Crippen molar-refractivity contribution in [3.63, 3.8) is 0 Å². The third-order valence-electron chi connectivity index (χ3n) is 9.32. The second kappa shape index (κ2) is 10.7. The number of hydrogen-bond donors (Lipinski definition) is 1. The average Bonchev–Trinajstić information content (AvgIpc) is 3.32. The maximum absolute atomic E-state index is 14.2. The number of alkyl halides is 5. The molecule has 3 heterocycles. The molecule has 2 aromatic rings. The summed E-state index contributed by atoms with van der Waals surface area (Å²) in [6.45, 7) is 0. The Hall–Kier alpha value is -3.07. The number of hydrazine groups is 1. The third-order valence-corrected chi connectivity index (χ3v) is 11.5. The topological polar surface area (TPSA) is 120 Å². The van der Waals surface area contributed by atoms with Crippen molar-refractivity contribution in [2.24, 2.45) is 17.8 Å². The number of rotatable bonds is 4. The van der Waals surface area contributed by atoms with Crippen molar-refractivity contribution in [2.75, 3.05) is 26.2 Å². The molecular weight excluding hydrogens is 744 g/mol. The van der Waals surface area contributed by atoms with Crippen LogP contribution in [0.15, 0.2) is 40.4 Å². The molecule has 17 heteroatoms. The molecule has 0 unspecified atom stereocenters. The van der Waals surface area contributed by atoms with Crippen molar-refractivity contribution in [3.05, 3.63) is 56.7 Å². The fraction of sp³-hybridized carbons (Fsp3) is 0.414. The first-order valence-electron chi connectivity index (χ1n) is 13.7. The van der Waals surface area contributed by atoms with Crippen LogP contribution in [0.1, 0.15) is 30.0 Å². The summed E-state index contributed by atoms with van der Waals surface area (Å²) in [5.74, 6) is -8.42. The molecule has 244 valence electrons. The van der Waals surface area contributed by atoms with Gasteiger partial charge in [0.1, 0.15) is 5.69 Å². The Morgan fingerprint density at radius 2 is 1.78 bits per heavy atom. The summed E-state index contributed by atoms with van der Waals surface area (Å²) in [7, 11) is 3.73. The molecule has 0 spiro atoms. The van der Waals surface area contributed by atoms with Crippen LogP contribution in [0.25, 0.3) is 0 Å². The molecule has 0 radical (unpaired) electrons. The minimum Gasteiger partial charge on any atom is -0.504 e. The number of amides is 4. The molecule has 1 aromatic carbocycles. The Balaban J connectivity index is 1.49. The monoisotopic (exact) mass is 764 g/mol. The lowest BCUT2D eigenvalue weighted by atomic mass is 9.56. The van der Waals surface area contributed by atoms with Crippen LogP contribution in [0, 0.1) is 17.8 Å². The highest BCUT2D eigenvalue weighted by Gasteiger charge is 2.76. The first-order chi connectivity index (χ1) is 21.4. The first-order valence-corrected chi connectivity index (χ1v) is 15.6. The highest BCUT2D eigenvalue weighted by Crippen LogP contribution is 2.66. The second-order valence-electron chi connectivity index (χ2n) is 11.6. The number of likely N-dealkylation sites (tertiary alicyclic amines) is 1. The van der Waals surface area contributed by atoms with E-state index in [4.69, 9.17) is 39.5 Å². The van der Waals surface area contributed by atoms with E-state index in [0.29, 0.717) is 21.1 Å². The molecule has 46 heavy (non-hydrogen) atoms. The SMILES string of the molecule is COc1cc(Br)cc([C@H]2C3=CC[C@@H]4C(=O)N(N(C)c5nc(C(F)(F)F)ccc5Cl)C(=O)[C@@H]4[C@@H]3C[C@@]3(Cl)C(=O)N(C)C(=O)[C@@]23Cl)c1O. The maximum atomic E-state index is 14.2. The number of benzene rings is 1. The van der Waals surface area contributed by atoms with E-state index in [2.05, 4.69) is 20.9 Å². The van der Waals surface area contributed by atoms with E-state index in [1.54, 1.807) is 6.08 Å². The summed E-state index contributed by atoms with van der Waals surface area (Å²) < 4.78 is 46.2. The Kier molecular flexibility index (Phi) is 7.66. The molecule has 1 aromatic heterocycles. The van der Waals surface area contributed by atoms with Crippen LogP contribution < -0.4 is 9.75 Å². The van der Waals surface area contributed by atoms with E-state index in [1.807, 2.05) is 0 Å². The van der Waals surface area contributed by atoms with E-state index in [1.165, 1.54) is 33.3 Å². The van der Waals surface area contributed by atoms with Gasteiger partial charge in [-0.05, 0) is 43.0 Å². The first kappa shape index (κ1) is 32.9. The quantitative estimate of drug-likeness (QED) is 0.254. The zero-order valence-electron chi connectivity index (χ0n) is 24.0. The zero-order valence-corrected chi connectivity index (χ0v) is 27.9. The number of hydrogen-bond acceptors (Lipinski definition) is 8. The zero-order chi connectivity index (χ0) is 33.8. The number of carbonyl (C=O) groups excluding carboxylic acids is 4. The number of pyridine rings is 1. The van der Waals surface area contributed by atoms with Crippen LogP contribution in [0.4, 0.5) is 19.0 Å². The summed E-state index contributed by atoms with van der Waals surface area (Å²) in [4.78, 5) is 55.5. The van der Waals surface area contributed by atoms with Gasteiger partial charge in [-0.2, -0.15) is 18.2 Å². The number of fused-ring (bicyclic) bond motifs is 4. The van der Waals surface area contributed by atoms with Gasteiger partial charge in [-0.3, -0.25) is 29.1 Å². The number of phenols is 1. The van der Waals surface area contributed by atoms with Gasteiger partial charge in [0.2, 0.25) is 0 Å². The molecule has 1 N–H and O–H groups in total. The van der Waals surface area contributed by atoms with E-state index in [-0.39, 0.29) is 34.9 Å². The van der Waals surface area contributed by atoms with Crippen molar-refractivity contribution >= 4 is 80.2 Å². The van der Waals surface area contributed by atoms with Crippen molar-refractivity contribution < 1.29 is 42.2 Å². The number of allylic oxidation sites excluding steroid dienone is 2. The largest absolute Gasteiger partial charge is 0.504 e. The third kappa shape index (κ3) is 4.32. The number of halogens is 7. The predicted octanol–water partition coefficient (Wildman–Crippen LogP) is 5.27. The smallest absolute Gasteiger partial charge is 0.433 e. The second-order valence-corrected chi connectivity index (χ2v) is 14.1. The van der Waals surface area contributed by atoms with Crippen LogP contribution in [0.2, 0.25) is 5.02 Å². The van der Waals surface area contributed by atoms with Crippen LogP contribution >= 0.6 is 50.7 Å². The van der Waals surface area contributed by atoms with Gasteiger partial charge in [0, 0.05) is 30.0 Å². The van der Waals surface area contributed by atoms with Crippen LogP contribution in [-0.2, 0) is 25.4 Å². The van der Waals surface area contributed by atoms with E-state index < -0.39 is 74.7 Å². The Labute approximate surface area is 283 Å². The number of imide groups is 2. The fourth-order valence-electron chi connectivity index (χ4n) is 7.25. The van der Waals surface area contributed by atoms with Gasteiger partial charge in [-0.25, -0.2) is 4.98 Å². The molecule has 6 atom stereocenters. The summed E-state index contributed by atoms with van der Waals surface area (Å²) in [6, 6.07) is 4.61. The standard InChI is InChI=1S/C29H23BrCl3F3N4O6/c1-38-25(44)27(32)10-15-12(20(28(27,33)26(38)45)14-8-11(30)9-17(46-3)21(14)41)4-5-13-19(15)24(43)40(23(13)42)39(2)22-16(31)6-7-18(37-22)29(34,35)36/h4,6-9,13,15,19-20,41H,5,10H2,1-3H3/t13-,15+,19-,20+,27+,28-/m0/s1. The fourth-order valence-corrected chi connectivity index (χ4v) is 8.94. The van der Waals surface area contributed by atoms with Gasteiger partial charge in [-0.1, -0.05) is 39.2 Å². The number of anilines is 1. The maximum Gasteiger partial charge on any atom is 0.433 e. The lowest BCUT2D eigenvalue weighted by molar-refractivity contribution is -0.141. The molecule has 2 saturated heterocycles. The molecular formula is C29H23BrCl3F3N4O6. The molecule has 6 rings (SSSR count). The molecule has 1 saturated carbocycles. The Morgan fingerprint density at radius 3 is 2.41 bits per heavy atom. The van der Waals surface area contributed by atoms with Gasteiger partial charge in [0.25, 0.3) is 23.6 Å². The van der Waals surface area contributed by atoms with Gasteiger partial charge < -0.3 is 9.84 Å². The number of aromatic nitrogens is 1. The van der Waals surface area contributed by atoms with Gasteiger partial charge in [0.15, 0.2) is 27.1 Å². The molecule has 4 aliphatic rings. The minimum absolute atomic E-state index is 0.0248. The minimum atomic E-state index is -4.83. The summed E-state index contributed by atoms with van der Waals surface area (Å²) >= 11 is 23.8. The molecule has 2 aliphatic carbocycles. The lowest BCUT2D eigenvalue weighted by Crippen LogP contribution is -2.60. The van der Waals surface area contributed by atoms with Crippen LogP contribution in [0.5, 0.6) is 11.5 Å². The summed E-state index contributed by atoms with van der Waals surface area (Å²) in [5, 5.41) is 12.6. The predicted molar refractivity (Wildman–Crippen MR) is 162 cm³/mol. The number of nitrogens with zero attached hydrogens (tertiary/aromatic N) is 4. The van der Waals surface area contributed by atoms with Crippen LogP contribution in [0.3, 0.4) is 0 Å². The number of carbonyl (C=O) groups is 4. The summed E-state index contributed by atoms with van der Waals surface area (Å²) in [5.41, 5.74) is -0.808. The highest BCUT2D eigenvalue weighted by atomic mass is 79.9. The molecule has 3 fully saturated rings. The van der Waals surface area contributed by atoms with Crippen molar-refractivity contribution in [1.82, 2.24) is 14.9 Å². The normalized spacial score (nSPS) is 30.7. The van der Waals surface area contributed by atoms with Gasteiger partial charge in [0.05, 0.1) is 24.0 Å². The highest BCUT2D eigenvalue weighted by molar-refractivity contribution is 9.10. The molecule has 2 aliphatic heterocycles. The van der Waals surface area contributed by atoms with Crippen LogP contribution in [-0.4, -0.2) is 74.6 Å². The Morgan fingerprint density at radius 1 is 1.11 bits per heavy atom. The molecule has 0 bridgehead atoms. The number of methoxy groups -OCH3 is 1. The van der Waals surface area contributed by atoms with E-state index in [9.17, 15) is 37.5 Å². The average molecular weight is 767 g/mol. The number of aromatic hydroxyl groups is 1. The summed E-state index contributed by atoms with van der Waals surface area (Å²) in [6.07, 6.45) is -3.55. The molecule has 10 nitrogen and oxygen atoms in total. The van der Waals surface area contributed by atoms with E-state index in [0.717, 1.165) is 16.0 Å².